The first-order valence-electron chi connectivity index (χ1n) is 9.34. The number of benzene rings is 1. The van der Waals surface area contributed by atoms with Crippen molar-refractivity contribution in [2.45, 2.75) is 19.9 Å². The molecule has 1 aromatic carbocycles. The number of carbonyl (C=O) groups excluding carboxylic acids is 1. The number of hydrogen-bond donors (Lipinski definition) is 2. The standard InChI is InChI=1S/C19H18N6O4S3/c1-11-3-5-12(6-4-11)13-9-30-16-15(13)17(27)25(10-20-16)8-7-14(26)21-18-22-23-19(31-18)24-32(2,28)29/h3-6,9-10H,7-8H2,1-2H3,(H,23,24)(H,21,22,26). The molecule has 0 saturated heterocycles. The van der Waals surface area contributed by atoms with Gasteiger partial charge in [0, 0.05) is 23.9 Å². The fourth-order valence-electron chi connectivity index (χ4n) is 2.95. The third-order valence-corrected chi connectivity index (χ3v) is 6.78. The summed E-state index contributed by atoms with van der Waals surface area (Å²) in [6.07, 6.45) is 2.44. The first-order chi connectivity index (χ1) is 15.2. The zero-order valence-electron chi connectivity index (χ0n) is 17.0. The normalized spacial score (nSPS) is 11.6. The smallest absolute Gasteiger partial charge is 0.262 e. The van der Waals surface area contributed by atoms with Gasteiger partial charge >= 0.3 is 0 Å². The molecular formula is C19H18N6O4S3. The van der Waals surface area contributed by atoms with Gasteiger partial charge in [-0.1, -0.05) is 41.2 Å². The van der Waals surface area contributed by atoms with E-state index in [9.17, 15) is 18.0 Å². The molecule has 0 bridgehead atoms. The summed E-state index contributed by atoms with van der Waals surface area (Å²) >= 11 is 2.29. The van der Waals surface area contributed by atoms with Gasteiger partial charge in [-0.2, -0.15) is 0 Å². The van der Waals surface area contributed by atoms with Crippen molar-refractivity contribution >= 4 is 59.1 Å². The largest absolute Gasteiger partial charge is 0.300 e. The Balaban J connectivity index is 1.48. The number of amides is 1. The average molecular weight is 491 g/mol. The molecule has 0 atom stereocenters. The molecule has 166 valence electrons. The van der Waals surface area contributed by atoms with Gasteiger partial charge in [0.05, 0.1) is 18.0 Å². The van der Waals surface area contributed by atoms with E-state index >= 15 is 0 Å². The summed E-state index contributed by atoms with van der Waals surface area (Å²) in [5.74, 6) is -0.386. The van der Waals surface area contributed by atoms with Gasteiger partial charge in [-0.15, -0.1) is 21.5 Å². The van der Waals surface area contributed by atoms with Gasteiger partial charge in [0.2, 0.25) is 26.2 Å². The zero-order chi connectivity index (χ0) is 22.9. The summed E-state index contributed by atoms with van der Waals surface area (Å²) in [5.41, 5.74) is 2.67. The molecule has 0 radical (unpaired) electrons. The molecule has 2 N–H and O–H groups in total. The lowest BCUT2D eigenvalue weighted by Gasteiger charge is -2.06. The maximum absolute atomic E-state index is 13.1. The van der Waals surface area contributed by atoms with Crippen LogP contribution in [0.2, 0.25) is 0 Å². The predicted octanol–water partition coefficient (Wildman–Crippen LogP) is 2.69. The average Bonchev–Trinajstić information content (AvgIpc) is 3.34. The van der Waals surface area contributed by atoms with Crippen molar-refractivity contribution in [1.29, 1.82) is 0 Å². The van der Waals surface area contributed by atoms with E-state index < -0.39 is 10.0 Å². The van der Waals surface area contributed by atoms with Crippen LogP contribution in [0.3, 0.4) is 0 Å². The van der Waals surface area contributed by atoms with Crippen molar-refractivity contribution in [2.75, 3.05) is 16.3 Å². The Morgan fingerprint density at radius 2 is 1.88 bits per heavy atom. The van der Waals surface area contributed by atoms with Crippen LogP contribution in [-0.2, 0) is 21.4 Å². The van der Waals surface area contributed by atoms with E-state index in [0.29, 0.717) is 10.2 Å². The maximum atomic E-state index is 13.1. The molecule has 32 heavy (non-hydrogen) atoms. The highest BCUT2D eigenvalue weighted by atomic mass is 32.2. The van der Waals surface area contributed by atoms with Gasteiger partial charge < -0.3 is 5.32 Å². The number of thiophene rings is 1. The van der Waals surface area contributed by atoms with Crippen molar-refractivity contribution in [1.82, 2.24) is 19.7 Å². The van der Waals surface area contributed by atoms with E-state index in [0.717, 1.165) is 34.3 Å². The fraction of sp³-hybridized carbons (Fsp3) is 0.211. The van der Waals surface area contributed by atoms with Crippen molar-refractivity contribution < 1.29 is 13.2 Å². The number of hydrogen-bond acceptors (Lipinski definition) is 9. The molecule has 0 aliphatic carbocycles. The first kappa shape index (κ1) is 22.0. The molecule has 0 fully saturated rings. The fourth-order valence-corrected chi connectivity index (χ4v) is 5.35. The number of anilines is 2. The van der Waals surface area contributed by atoms with Gasteiger partial charge in [0.25, 0.3) is 5.56 Å². The summed E-state index contributed by atoms with van der Waals surface area (Å²) in [6.45, 7) is 2.13. The molecule has 10 nitrogen and oxygen atoms in total. The molecule has 1 amide bonds. The number of aryl methyl sites for hydroxylation is 2. The van der Waals surface area contributed by atoms with Crippen molar-refractivity contribution in [2.24, 2.45) is 0 Å². The summed E-state index contributed by atoms with van der Waals surface area (Å²) in [4.78, 5) is 30.4. The summed E-state index contributed by atoms with van der Waals surface area (Å²) < 4.78 is 26.1. The number of nitrogens with one attached hydrogen (secondary N) is 2. The topological polar surface area (TPSA) is 136 Å². The lowest BCUT2D eigenvalue weighted by atomic mass is 10.1. The minimum Gasteiger partial charge on any atom is -0.300 e. The molecule has 3 aromatic heterocycles. The SMILES string of the molecule is Cc1ccc(-c2csc3ncn(CCC(=O)Nc4nnc(NS(C)(=O)=O)s4)c(=O)c23)cc1. The van der Waals surface area contributed by atoms with E-state index in [1.54, 1.807) is 0 Å². The van der Waals surface area contributed by atoms with Gasteiger partial charge in [-0.3, -0.25) is 18.9 Å². The van der Waals surface area contributed by atoms with Crippen LogP contribution in [0.15, 0.2) is 40.8 Å². The van der Waals surface area contributed by atoms with Crippen LogP contribution >= 0.6 is 22.7 Å². The van der Waals surface area contributed by atoms with E-state index in [-0.39, 0.29) is 34.7 Å². The van der Waals surface area contributed by atoms with Gasteiger partial charge in [0.1, 0.15) is 4.83 Å². The Kier molecular flexibility index (Phi) is 6.04. The van der Waals surface area contributed by atoms with E-state index in [4.69, 9.17) is 0 Å². The zero-order valence-corrected chi connectivity index (χ0v) is 19.5. The third kappa shape index (κ3) is 5.00. The van der Waals surface area contributed by atoms with E-state index in [1.807, 2.05) is 36.6 Å². The summed E-state index contributed by atoms with van der Waals surface area (Å²) in [5, 5.41) is 12.6. The molecule has 3 heterocycles. The second-order valence-electron chi connectivity index (χ2n) is 7.02. The Morgan fingerprint density at radius 1 is 1.16 bits per heavy atom. The second kappa shape index (κ2) is 8.76. The molecule has 0 unspecified atom stereocenters. The Morgan fingerprint density at radius 3 is 2.59 bits per heavy atom. The molecule has 0 spiro atoms. The van der Waals surface area contributed by atoms with Gasteiger partial charge in [-0.25, -0.2) is 13.4 Å². The van der Waals surface area contributed by atoms with E-state index in [1.165, 1.54) is 22.2 Å². The number of fused-ring (bicyclic) bond motifs is 1. The monoisotopic (exact) mass is 490 g/mol. The van der Waals surface area contributed by atoms with Crippen molar-refractivity contribution in [3.8, 4) is 11.1 Å². The highest BCUT2D eigenvalue weighted by molar-refractivity contribution is 7.92. The Labute approximate surface area is 191 Å². The number of nitrogens with zero attached hydrogens (tertiary/aromatic N) is 4. The highest BCUT2D eigenvalue weighted by Crippen LogP contribution is 2.30. The number of carbonyl (C=O) groups is 1. The number of sulfonamides is 1. The Bertz CT molecular complexity index is 1450. The predicted molar refractivity (Wildman–Crippen MR) is 126 cm³/mol. The van der Waals surface area contributed by atoms with Crippen LogP contribution in [0.1, 0.15) is 12.0 Å². The highest BCUT2D eigenvalue weighted by Gasteiger charge is 2.15. The number of aromatic nitrogens is 4. The molecule has 0 saturated carbocycles. The molecule has 13 heteroatoms. The Hall–Kier alpha value is -3.16. The summed E-state index contributed by atoms with van der Waals surface area (Å²) in [6, 6.07) is 7.91. The van der Waals surface area contributed by atoms with Crippen LogP contribution < -0.4 is 15.6 Å². The third-order valence-electron chi connectivity index (χ3n) is 4.45. The van der Waals surface area contributed by atoms with Crippen LogP contribution in [-0.4, -0.2) is 40.3 Å². The molecule has 0 aliphatic heterocycles. The lowest BCUT2D eigenvalue weighted by Crippen LogP contribution is -2.23. The van der Waals surface area contributed by atoms with Crippen molar-refractivity contribution in [3.05, 3.63) is 51.9 Å². The van der Waals surface area contributed by atoms with Crippen LogP contribution in [0.25, 0.3) is 21.3 Å². The quantitative estimate of drug-likeness (QED) is 0.406. The first-order valence-corrected chi connectivity index (χ1v) is 12.9. The van der Waals surface area contributed by atoms with Gasteiger partial charge in [-0.05, 0) is 12.5 Å². The maximum Gasteiger partial charge on any atom is 0.262 e. The summed E-state index contributed by atoms with van der Waals surface area (Å²) in [7, 11) is -3.48. The molecule has 4 aromatic rings. The van der Waals surface area contributed by atoms with Gasteiger partial charge in [0.15, 0.2) is 0 Å². The molecule has 4 rings (SSSR count). The minimum atomic E-state index is -3.48. The minimum absolute atomic E-state index is 0.00547. The molecule has 0 aliphatic rings. The van der Waals surface area contributed by atoms with Crippen LogP contribution in [0.4, 0.5) is 10.3 Å². The van der Waals surface area contributed by atoms with Crippen LogP contribution in [0.5, 0.6) is 0 Å². The second-order valence-corrected chi connectivity index (χ2v) is 10.6. The molecular weight excluding hydrogens is 472 g/mol. The van der Waals surface area contributed by atoms with E-state index in [2.05, 4.69) is 25.2 Å². The van der Waals surface area contributed by atoms with Crippen LogP contribution in [0, 0.1) is 6.92 Å². The lowest BCUT2D eigenvalue weighted by molar-refractivity contribution is -0.116. The van der Waals surface area contributed by atoms with Crippen molar-refractivity contribution in [3.63, 3.8) is 0 Å². The number of rotatable bonds is 7.